The minimum atomic E-state index is -0.521. The number of phenols is 1. The van der Waals surface area contributed by atoms with Crippen LogP contribution in [0, 0.1) is 6.92 Å². The molecule has 0 saturated heterocycles. The van der Waals surface area contributed by atoms with Gasteiger partial charge in [0.15, 0.2) is 0 Å². The van der Waals surface area contributed by atoms with Gasteiger partial charge >= 0.3 is 0 Å². The zero-order chi connectivity index (χ0) is 19.9. The third-order valence-corrected chi connectivity index (χ3v) is 6.09. The van der Waals surface area contributed by atoms with Crippen LogP contribution >= 0.6 is 8.58 Å². The molecule has 2 atom stereocenters. The molecule has 2 unspecified atom stereocenters. The molecule has 0 aliphatic rings. The minimum Gasteiger partial charge on any atom is -0.507 e. The summed E-state index contributed by atoms with van der Waals surface area (Å²) in [6, 6.07) is 10.5. The van der Waals surface area contributed by atoms with Gasteiger partial charge in [-0.15, -0.1) is 0 Å². The number of hydrogen-bond donors (Lipinski definition) is 2. The van der Waals surface area contributed by atoms with Crippen molar-refractivity contribution in [3.63, 3.8) is 0 Å². The Morgan fingerprint density at radius 3 is 2.00 bits per heavy atom. The molecule has 0 aliphatic carbocycles. The van der Waals surface area contributed by atoms with Crippen LogP contribution in [0.2, 0.25) is 0 Å². The van der Waals surface area contributed by atoms with E-state index in [-0.39, 0.29) is 10.8 Å². The van der Waals surface area contributed by atoms with Crippen molar-refractivity contribution in [2.45, 2.75) is 72.3 Å². The van der Waals surface area contributed by atoms with E-state index in [0.29, 0.717) is 14.3 Å². The number of aliphatic hydroxyl groups is 1. The minimum absolute atomic E-state index is 0.00725. The lowest BCUT2D eigenvalue weighted by Gasteiger charge is -2.28. The molecule has 2 nitrogen and oxygen atoms in total. The van der Waals surface area contributed by atoms with Gasteiger partial charge in [-0.2, -0.15) is 0 Å². The van der Waals surface area contributed by atoms with Crippen LogP contribution in [0.3, 0.4) is 0 Å². The largest absolute Gasteiger partial charge is 0.507 e. The van der Waals surface area contributed by atoms with E-state index < -0.39 is 6.10 Å². The Hall–Kier alpha value is -1.37. The fraction of sp³-hybridized carbons (Fsp3) is 0.478. The first-order valence-corrected chi connectivity index (χ1v) is 10.2. The van der Waals surface area contributed by atoms with Gasteiger partial charge in [0.05, 0.1) is 6.10 Å². The van der Waals surface area contributed by atoms with Crippen LogP contribution in [-0.4, -0.2) is 10.2 Å². The van der Waals surface area contributed by atoms with Crippen molar-refractivity contribution in [3.8, 4) is 5.75 Å². The Morgan fingerprint density at radius 1 is 0.885 bits per heavy atom. The predicted molar refractivity (Wildman–Crippen MR) is 115 cm³/mol. The first-order valence-electron chi connectivity index (χ1n) is 9.24. The lowest BCUT2D eigenvalue weighted by atomic mass is 9.80. The van der Waals surface area contributed by atoms with E-state index in [1.54, 1.807) is 6.92 Å². The zero-order valence-corrected chi connectivity index (χ0v) is 18.4. The van der Waals surface area contributed by atoms with Crippen LogP contribution in [0.15, 0.2) is 30.3 Å². The Kier molecular flexibility index (Phi) is 5.90. The number of benzene rings is 2. The molecule has 2 rings (SSSR count). The molecular weight excluding hydrogens is 339 g/mol. The molecule has 0 fully saturated rings. The van der Waals surface area contributed by atoms with Crippen LogP contribution in [-0.2, 0) is 10.8 Å². The second kappa shape index (κ2) is 7.33. The molecule has 0 amide bonds. The molecule has 3 heteroatoms. The smallest absolute Gasteiger partial charge is 0.127 e. The van der Waals surface area contributed by atoms with E-state index in [1.807, 2.05) is 13.0 Å². The van der Waals surface area contributed by atoms with Crippen LogP contribution in [0.1, 0.15) is 76.8 Å². The van der Waals surface area contributed by atoms with Crippen molar-refractivity contribution >= 4 is 19.2 Å². The second-order valence-corrected chi connectivity index (χ2v) is 10.6. The summed E-state index contributed by atoms with van der Waals surface area (Å²) in [5.74, 6) is 0.390. The van der Waals surface area contributed by atoms with Crippen molar-refractivity contribution in [1.29, 1.82) is 0 Å². The van der Waals surface area contributed by atoms with E-state index in [1.165, 1.54) is 5.56 Å². The summed E-state index contributed by atoms with van der Waals surface area (Å²) in [7, 11) is 0.304. The highest BCUT2D eigenvalue weighted by molar-refractivity contribution is 7.55. The highest BCUT2D eigenvalue weighted by Gasteiger charge is 2.25. The topological polar surface area (TPSA) is 40.5 Å². The Bertz CT molecular complexity index is 793. The van der Waals surface area contributed by atoms with Gasteiger partial charge < -0.3 is 10.2 Å². The van der Waals surface area contributed by atoms with Gasteiger partial charge in [0.25, 0.3) is 0 Å². The normalized spacial score (nSPS) is 14.2. The van der Waals surface area contributed by atoms with E-state index in [4.69, 9.17) is 0 Å². The molecule has 2 aromatic carbocycles. The molecule has 0 bridgehead atoms. The van der Waals surface area contributed by atoms with Gasteiger partial charge in [-0.05, 0) is 47.2 Å². The summed E-state index contributed by atoms with van der Waals surface area (Å²) >= 11 is 0. The highest BCUT2D eigenvalue weighted by Crippen LogP contribution is 2.36. The monoisotopic (exact) mass is 372 g/mol. The fourth-order valence-corrected chi connectivity index (χ4v) is 4.38. The summed E-state index contributed by atoms with van der Waals surface area (Å²) < 4.78 is 0. The fourth-order valence-electron chi connectivity index (χ4n) is 3.02. The van der Waals surface area contributed by atoms with Gasteiger partial charge in [0.1, 0.15) is 5.75 Å². The number of phenolic OH excluding ortho intramolecular Hbond substituents is 1. The van der Waals surface area contributed by atoms with Gasteiger partial charge in [0, 0.05) is 10.9 Å². The molecular formula is C23H33O2P. The van der Waals surface area contributed by atoms with Crippen molar-refractivity contribution in [2.24, 2.45) is 0 Å². The van der Waals surface area contributed by atoms with Crippen LogP contribution in [0.25, 0.3) is 0 Å². The predicted octanol–water partition coefficient (Wildman–Crippen LogP) is 4.98. The van der Waals surface area contributed by atoms with Crippen molar-refractivity contribution < 1.29 is 10.2 Å². The molecule has 0 saturated carbocycles. The molecule has 142 valence electrons. The van der Waals surface area contributed by atoms with Crippen LogP contribution in [0.5, 0.6) is 5.75 Å². The maximum atomic E-state index is 11.0. The highest BCUT2D eigenvalue weighted by atomic mass is 31.1. The molecule has 0 aliphatic heterocycles. The number of rotatable bonds is 3. The lowest BCUT2D eigenvalue weighted by Crippen LogP contribution is -2.21. The number of aliphatic hydroxyl groups excluding tert-OH is 1. The summed E-state index contributed by atoms with van der Waals surface area (Å²) in [6.07, 6.45) is -0.521. The van der Waals surface area contributed by atoms with Gasteiger partial charge in [-0.25, -0.2) is 0 Å². The summed E-state index contributed by atoms with van der Waals surface area (Å²) in [4.78, 5) is 0. The first kappa shape index (κ1) is 20.9. The van der Waals surface area contributed by atoms with Crippen LogP contribution in [0.4, 0.5) is 0 Å². The quantitative estimate of drug-likeness (QED) is 0.746. The average Bonchev–Trinajstić information content (AvgIpc) is 2.48. The maximum absolute atomic E-state index is 11.0. The summed E-state index contributed by atoms with van der Waals surface area (Å²) in [5.41, 5.74) is 4.17. The zero-order valence-electron chi connectivity index (χ0n) is 17.4. The molecule has 0 spiro atoms. The van der Waals surface area contributed by atoms with Gasteiger partial charge in [0.2, 0.25) is 0 Å². The van der Waals surface area contributed by atoms with E-state index >= 15 is 0 Å². The Balaban J connectivity index is 2.63. The number of aromatic hydroxyl groups is 1. The SMILES string of the molecule is Cc1ccc(Pc2cc(C(C)(C)C)cc(C(C)(C)C)c2O)c(C(C)O)c1. The van der Waals surface area contributed by atoms with Gasteiger partial charge in [-0.3, -0.25) is 0 Å². The number of hydrogen-bond acceptors (Lipinski definition) is 2. The molecule has 2 aromatic rings. The standard InChI is InChI=1S/C23H33O2P/c1-14-9-10-19(17(11-14)15(2)24)26-20-13-16(22(3,4)5)12-18(21(20)25)23(6,7)8/h9-13,15,24-26H,1-8H3. The van der Waals surface area contributed by atoms with E-state index in [2.05, 4.69) is 65.8 Å². The third kappa shape index (κ3) is 4.67. The first-order chi connectivity index (χ1) is 11.8. The molecule has 0 radical (unpaired) electrons. The average molecular weight is 372 g/mol. The lowest BCUT2D eigenvalue weighted by molar-refractivity contribution is 0.200. The van der Waals surface area contributed by atoms with E-state index in [0.717, 1.165) is 27.3 Å². The molecule has 2 N–H and O–H groups in total. The summed E-state index contributed by atoms with van der Waals surface area (Å²) in [5, 5.41) is 23.2. The third-order valence-electron chi connectivity index (χ3n) is 4.71. The van der Waals surface area contributed by atoms with Gasteiger partial charge in [-0.1, -0.05) is 80.0 Å². The van der Waals surface area contributed by atoms with Crippen molar-refractivity contribution in [2.75, 3.05) is 0 Å². The Labute approximate surface area is 160 Å². The maximum Gasteiger partial charge on any atom is 0.127 e. The molecule has 0 heterocycles. The number of aryl methyl sites for hydroxylation is 1. The van der Waals surface area contributed by atoms with Crippen molar-refractivity contribution in [3.05, 3.63) is 52.6 Å². The Morgan fingerprint density at radius 2 is 1.50 bits per heavy atom. The van der Waals surface area contributed by atoms with E-state index in [9.17, 15) is 10.2 Å². The summed E-state index contributed by atoms with van der Waals surface area (Å²) in [6.45, 7) is 16.8. The van der Waals surface area contributed by atoms with Crippen molar-refractivity contribution in [1.82, 2.24) is 0 Å². The molecule has 0 aromatic heterocycles. The van der Waals surface area contributed by atoms with Crippen LogP contribution < -0.4 is 10.6 Å². The second-order valence-electron chi connectivity index (χ2n) is 9.31. The molecule has 26 heavy (non-hydrogen) atoms.